The maximum atomic E-state index is 12.7. The number of hydrogen-bond donors (Lipinski definition) is 2. The Bertz CT molecular complexity index is 696. The smallest absolute Gasteiger partial charge is 0.252 e. The van der Waals surface area contributed by atoms with E-state index in [1.54, 1.807) is 16.4 Å². The van der Waals surface area contributed by atoms with E-state index in [4.69, 9.17) is 0 Å². The number of carbonyl (C=O) groups is 1. The van der Waals surface area contributed by atoms with Crippen molar-refractivity contribution in [2.24, 2.45) is 0 Å². The molecule has 0 radical (unpaired) electrons. The second kappa shape index (κ2) is 8.16. The zero-order valence-electron chi connectivity index (χ0n) is 14.7. The highest BCUT2D eigenvalue weighted by Crippen LogP contribution is 2.27. The largest absolute Gasteiger partial charge is 0.353 e. The molecule has 2 aliphatic heterocycles. The van der Waals surface area contributed by atoms with Crippen molar-refractivity contribution in [3.8, 4) is 0 Å². The lowest BCUT2D eigenvalue weighted by atomic mass is 10.0. The second-order valence-corrected chi connectivity index (χ2v) is 10.3. The first-order valence-corrected chi connectivity index (χ1v) is 11.3. The standard InChI is InChI=1S/C17H27N3O3S2/c1-13-11-14(7-8-18-13)19-16(21)12-15-5-6-17(24-15)25(22,23)20-9-3-2-4-10-20/h5-6,13-14,18H,2-4,7-12H2,1H3,(H,19,21). The molecule has 1 amide bonds. The molecule has 3 rings (SSSR count). The van der Waals surface area contributed by atoms with Gasteiger partial charge in [0.05, 0.1) is 6.42 Å². The predicted octanol–water partition coefficient (Wildman–Crippen LogP) is 1.72. The number of rotatable bonds is 5. The van der Waals surface area contributed by atoms with Crippen molar-refractivity contribution in [3.63, 3.8) is 0 Å². The van der Waals surface area contributed by atoms with Gasteiger partial charge in [-0.25, -0.2) is 8.42 Å². The quantitative estimate of drug-likeness (QED) is 0.809. The number of nitrogens with zero attached hydrogens (tertiary/aromatic N) is 1. The SMILES string of the molecule is CC1CC(NC(=O)Cc2ccc(S(=O)(=O)N3CCCCC3)s2)CCN1. The number of thiophene rings is 1. The molecule has 1 aromatic heterocycles. The molecule has 140 valence electrons. The van der Waals surface area contributed by atoms with Crippen LogP contribution < -0.4 is 10.6 Å². The molecule has 0 spiro atoms. The summed E-state index contributed by atoms with van der Waals surface area (Å²) in [6, 6.07) is 4.04. The van der Waals surface area contributed by atoms with Crippen molar-refractivity contribution in [1.29, 1.82) is 0 Å². The van der Waals surface area contributed by atoms with Gasteiger partial charge in [-0.1, -0.05) is 6.42 Å². The fourth-order valence-corrected chi connectivity index (χ4v) is 6.55. The second-order valence-electron chi connectivity index (χ2n) is 7.01. The Kier molecular flexibility index (Phi) is 6.14. The summed E-state index contributed by atoms with van der Waals surface area (Å²) in [6.45, 7) is 4.24. The third-order valence-corrected chi connectivity index (χ3v) is 8.32. The summed E-state index contributed by atoms with van der Waals surface area (Å²) in [7, 11) is -3.40. The molecule has 2 fully saturated rings. The van der Waals surface area contributed by atoms with Crippen molar-refractivity contribution >= 4 is 27.3 Å². The molecule has 8 heteroatoms. The van der Waals surface area contributed by atoms with Crippen LogP contribution in [0.1, 0.15) is 43.9 Å². The number of carbonyl (C=O) groups excluding carboxylic acids is 1. The fourth-order valence-electron chi connectivity index (χ4n) is 3.52. The molecule has 3 heterocycles. The third-order valence-electron chi connectivity index (χ3n) is 4.87. The van der Waals surface area contributed by atoms with E-state index < -0.39 is 10.0 Å². The topological polar surface area (TPSA) is 78.5 Å². The Hall–Kier alpha value is -0.960. The van der Waals surface area contributed by atoms with Crippen LogP contribution in [0.4, 0.5) is 0 Å². The molecule has 0 aromatic carbocycles. The lowest BCUT2D eigenvalue weighted by Crippen LogP contribution is -2.46. The predicted molar refractivity (Wildman–Crippen MR) is 99.3 cm³/mol. The summed E-state index contributed by atoms with van der Waals surface area (Å²) in [6.07, 6.45) is 5.07. The molecule has 0 saturated carbocycles. The van der Waals surface area contributed by atoms with Gasteiger partial charge in [0.2, 0.25) is 5.91 Å². The van der Waals surface area contributed by atoms with E-state index in [2.05, 4.69) is 17.6 Å². The summed E-state index contributed by atoms with van der Waals surface area (Å²) in [5.74, 6) is -0.0251. The van der Waals surface area contributed by atoms with Gasteiger partial charge in [0, 0.05) is 30.1 Å². The summed E-state index contributed by atoms with van der Waals surface area (Å²) in [4.78, 5) is 13.1. The van der Waals surface area contributed by atoms with Crippen LogP contribution in [0.15, 0.2) is 16.3 Å². The van der Waals surface area contributed by atoms with Gasteiger partial charge in [-0.15, -0.1) is 11.3 Å². The Morgan fingerprint density at radius 3 is 2.80 bits per heavy atom. The number of nitrogens with one attached hydrogen (secondary N) is 2. The van der Waals surface area contributed by atoms with E-state index >= 15 is 0 Å². The van der Waals surface area contributed by atoms with Gasteiger partial charge < -0.3 is 10.6 Å². The molecule has 2 unspecified atom stereocenters. The minimum atomic E-state index is -3.40. The molecule has 25 heavy (non-hydrogen) atoms. The van der Waals surface area contributed by atoms with Gasteiger partial charge in [-0.3, -0.25) is 4.79 Å². The Morgan fingerprint density at radius 1 is 1.32 bits per heavy atom. The highest BCUT2D eigenvalue weighted by Gasteiger charge is 2.27. The molecule has 0 bridgehead atoms. The third kappa shape index (κ3) is 4.81. The molecule has 1 aromatic rings. The van der Waals surface area contributed by atoms with Gasteiger partial charge in [-0.05, 0) is 51.3 Å². The van der Waals surface area contributed by atoms with Gasteiger partial charge >= 0.3 is 0 Å². The first-order chi connectivity index (χ1) is 11.9. The minimum absolute atomic E-state index is 0.0251. The molecule has 6 nitrogen and oxygen atoms in total. The minimum Gasteiger partial charge on any atom is -0.353 e. The van der Waals surface area contributed by atoms with Gasteiger partial charge in [-0.2, -0.15) is 4.31 Å². The molecule has 2 saturated heterocycles. The first kappa shape index (κ1) is 18.8. The number of hydrogen-bond acceptors (Lipinski definition) is 5. The van der Waals surface area contributed by atoms with Gasteiger partial charge in [0.15, 0.2) is 0 Å². The van der Waals surface area contributed by atoms with Crippen molar-refractivity contribution in [3.05, 3.63) is 17.0 Å². The van der Waals surface area contributed by atoms with Crippen LogP contribution in [-0.2, 0) is 21.2 Å². The van der Waals surface area contributed by atoms with Crippen LogP contribution in [0.25, 0.3) is 0 Å². The number of piperidine rings is 2. The molecule has 2 aliphatic rings. The summed E-state index contributed by atoms with van der Waals surface area (Å²) in [5, 5.41) is 6.44. The van der Waals surface area contributed by atoms with Gasteiger partial charge in [0.25, 0.3) is 10.0 Å². The van der Waals surface area contributed by atoms with Crippen LogP contribution in [0.2, 0.25) is 0 Å². The summed E-state index contributed by atoms with van der Waals surface area (Å²) < 4.78 is 27.3. The van der Waals surface area contributed by atoms with Gasteiger partial charge in [0.1, 0.15) is 4.21 Å². The lowest BCUT2D eigenvalue weighted by Gasteiger charge is -2.28. The zero-order valence-corrected chi connectivity index (χ0v) is 16.3. The van der Waals surface area contributed by atoms with E-state index in [9.17, 15) is 13.2 Å². The lowest BCUT2D eigenvalue weighted by molar-refractivity contribution is -0.121. The number of sulfonamides is 1. The summed E-state index contributed by atoms with van der Waals surface area (Å²) in [5.41, 5.74) is 0. The number of amides is 1. The van der Waals surface area contributed by atoms with E-state index in [1.807, 2.05) is 0 Å². The molecule has 2 N–H and O–H groups in total. The van der Waals surface area contributed by atoms with E-state index in [0.717, 1.165) is 43.5 Å². The first-order valence-electron chi connectivity index (χ1n) is 9.07. The molecule has 0 aliphatic carbocycles. The normalized spacial score (nSPS) is 25.6. The molecular formula is C17H27N3O3S2. The maximum Gasteiger partial charge on any atom is 0.252 e. The van der Waals surface area contributed by atoms with Crippen LogP contribution in [-0.4, -0.2) is 50.3 Å². The molecular weight excluding hydrogens is 358 g/mol. The average Bonchev–Trinajstić information content (AvgIpc) is 3.05. The average molecular weight is 386 g/mol. The Balaban J connectivity index is 1.58. The van der Waals surface area contributed by atoms with Crippen LogP contribution in [0.3, 0.4) is 0 Å². The van der Waals surface area contributed by atoms with Crippen molar-refractivity contribution in [2.45, 2.75) is 61.7 Å². The van der Waals surface area contributed by atoms with Crippen LogP contribution in [0.5, 0.6) is 0 Å². The summed E-state index contributed by atoms with van der Waals surface area (Å²) >= 11 is 1.22. The van der Waals surface area contributed by atoms with Crippen molar-refractivity contribution in [2.75, 3.05) is 19.6 Å². The van der Waals surface area contributed by atoms with Crippen molar-refractivity contribution in [1.82, 2.24) is 14.9 Å². The van der Waals surface area contributed by atoms with E-state index in [-0.39, 0.29) is 18.4 Å². The monoisotopic (exact) mass is 385 g/mol. The maximum absolute atomic E-state index is 12.7. The van der Waals surface area contributed by atoms with E-state index in [1.165, 1.54) is 11.3 Å². The van der Waals surface area contributed by atoms with Crippen molar-refractivity contribution < 1.29 is 13.2 Å². The van der Waals surface area contributed by atoms with Crippen LogP contribution >= 0.6 is 11.3 Å². The van der Waals surface area contributed by atoms with E-state index in [0.29, 0.717) is 23.3 Å². The fraction of sp³-hybridized carbons (Fsp3) is 0.706. The molecule has 2 atom stereocenters. The highest BCUT2D eigenvalue weighted by atomic mass is 32.2. The Labute approximate surface area is 154 Å². The zero-order chi connectivity index (χ0) is 17.9. The highest BCUT2D eigenvalue weighted by molar-refractivity contribution is 7.91. The Morgan fingerprint density at radius 2 is 2.08 bits per heavy atom. The van der Waals surface area contributed by atoms with Crippen LogP contribution in [0, 0.1) is 0 Å².